The van der Waals surface area contributed by atoms with Gasteiger partial charge in [0.25, 0.3) is 5.91 Å². The Morgan fingerprint density at radius 2 is 2.16 bits per heavy atom. The molecular formula is C13H20Cl2N2OS. The molecule has 0 spiro atoms. The van der Waals surface area contributed by atoms with Crippen molar-refractivity contribution in [3.8, 4) is 0 Å². The lowest BCUT2D eigenvalue weighted by molar-refractivity contribution is 0.0926. The third-order valence-corrected chi connectivity index (χ3v) is 5.29. The number of rotatable bonds is 3. The fourth-order valence-electron chi connectivity index (χ4n) is 2.16. The summed E-state index contributed by atoms with van der Waals surface area (Å²) in [5.74, 6) is -0.0437. The molecule has 0 unspecified atom stereocenters. The molecule has 0 aromatic carbocycles. The minimum atomic E-state index is -0.0437. The zero-order valence-electron chi connectivity index (χ0n) is 11.2. The third-order valence-electron chi connectivity index (χ3n) is 3.59. The smallest absolute Gasteiger partial charge is 0.262 e. The molecule has 108 valence electrons. The van der Waals surface area contributed by atoms with Gasteiger partial charge in [-0.05, 0) is 49.2 Å². The number of carbonyl (C=O) groups excluding carboxylic acids is 1. The number of halogens is 2. The van der Waals surface area contributed by atoms with E-state index in [9.17, 15) is 4.79 Å². The summed E-state index contributed by atoms with van der Waals surface area (Å²) >= 11 is 7.51. The van der Waals surface area contributed by atoms with Gasteiger partial charge in [0, 0.05) is 6.54 Å². The molecule has 1 fully saturated rings. The zero-order valence-corrected chi connectivity index (χ0v) is 13.6. The van der Waals surface area contributed by atoms with Crippen LogP contribution in [-0.2, 0) is 0 Å². The fraction of sp³-hybridized carbons (Fsp3) is 0.615. The molecule has 1 amide bonds. The molecule has 0 saturated carbocycles. The molecule has 2 N–H and O–H groups in total. The summed E-state index contributed by atoms with van der Waals surface area (Å²) in [6, 6.07) is 0. The summed E-state index contributed by atoms with van der Waals surface area (Å²) < 4.78 is 0. The van der Waals surface area contributed by atoms with Crippen LogP contribution in [0.5, 0.6) is 0 Å². The molecule has 1 aliphatic rings. The van der Waals surface area contributed by atoms with E-state index < -0.39 is 0 Å². The Balaban J connectivity index is 0.00000180. The molecule has 1 saturated heterocycles. The number of hydrogen-bond donors (Lipinski definition) is 2. The Labute approximate surface area is 129 Å². The first-order chi connectivity index (χ1) is 8.52. The third kappa shape index (κ3) is 4.09. The van der Waals surface area contributed by atoms with Crippen molar-refractivity contribution in [1.82, 2.24) is 10.6 Å². The van der Waals surface area contributed by atoms with Crippen LogP contribution >= 0.6 is 35.3 Å². The van der Waals surface area contributed by atoms with Gasteiger partial charge in [-0.1, -0.05) is 18.5 Å². The van der Waals surface area contributed by atoms with Crippen molar-refractivity contribution in [3.63, 3.8) is 0 Å². The molecule has 2 rings (SSSR count). The zero-order chi connectivity index (χ0) is 13.2. The van der Waals surface area contributed by atoms with E-state index in [1.54, 1.807) is 0 Å². The molecular weight excluding hydrogens is 303 g/mol. The summed E-state index contributed by atoms with van der Waals surface area (Å²) in [6.45, 7) is 6.94. The van der Waals surface area contributed by atoms with E-state index in [0.717, 1.165) is 38.0 Å². The SMILES string of the molecule is Cc1csc(C(=O)NCC2(C)CCNCC2)c1Cl.Cl. The predicted octanol–water partition coefficient (Wildman–Crippen LogP) is 3.25. The van der Waals surface area contributed by atoms with Gasteiger partial charge in [0.1, 0.15) is 4.88 Å². The van der Waals surface area contributed by atoms with Crippen LogP contribution in [0.25, 0.3) is 0 Å². The van der Waals surface area contributed by atoms with Crippen molar-refractivity contribution < 1.29 is 4.79 Å². The molecule has 3 nitrogen and oxygen atoms in total. The van der Waals surface area contributed by atoms with Gasteiger partial charge < -0.3 is 10.6 Å². The maximum absolute atomic E-state index is 12.1. The number of thiophene rings is 1. The highest BCUT2D eigenvalue weighted by Crippen LogP contribution is 2.29. The lowest BCUT2D eigenvalue weighted by atomic mass is 9.81. The fourth-order valence-corrected chi connectivity index (χ4v) is 3.36. The van der Waals surface area contributed by atoms with E-state index in [4.69, 9.17) is 11.6 Å². The average Bonchev–Trinajstić information content (AvgIpc) is 2.68. The van der Waals surface area contributed by atoms with Crippen LogP contribution < -0.4 is 10.6 Å². The Hall–Kier alpha value is -0.290. The standard InChI is InChI=1S/C13H19ClN2OS.ClH/c1-9-7-18-11(10(9)14)12(17)16-8-13(2)3-5-15-6-4-13;/h7,15H,3-6,8H2,1-2H3,(H,16,17);1H. The molecule has 19 heavy (non-hydrogen) atoms. The van der Waals surface area contributed by atoms with Gasteiger partial charge in [0.05, 0.1) is 5.02 Å². The monoisotopic (exact) mass is 322 g/mol. The molecule has 6 heteroatoms. The van der Waals surface area contributed by atoms with Crippen molar-refractivity contribution >= 4 is 41.3 Å². The van der Waals surface area contributed by atoms with E-state index in [-0.39, 0.29) is 23.7 Å². The van der Waals surface area contributed by atoms with Crippen LogP contribution in [0.1, 0.15) is 35.0 Å². The van der Waals surface area contributed by atoms with Crippen LogP contribution in [0, 0.1) is 12.3 Å². The quantitative estimate of drug-likeness (QED) is 0.896. The molecule has 1 aliphatic heterocycles. The topological polar surface area (TPSA) is 41.1 Å². The number of hydrogen-bond acceptors (Lipinski definition) is 3. The van der Waals surface area contributed by atoms with Crippen molar-refractivity contribution in [2.75, 3.05) is 19.6 Å². The summed E-state index contributed by atoms with van der Waals surface area (Å²) in [5.41, 5.74) is 1.18. The molecule has 0 radical (unpaired) electrons. The highest BCUT2D eigenvalue weighted by atomic mass is 35.5. The van der Waals surface area contributed by atoms with Crippen molar-refractivity contribution in [1.29, 1.82) is 0 Å². The second-order valence-corrected chi connectivity index (χ2v) is 6.56. The van der Waals surface area contributed by atoms with Gasteiger partial charge in [-0.2, -0.15) is 0 Å². The Morgan fingerprint density at radius 1 is 1.53 bits per heavy atom. The minimum absolute atomic E-state index is 0. The van der Waals surface area contributed by atoms with Crippen molar-refractivity contribution in [3.05, 3.63) is 20.8 Å². The van der Waals surface area contributed by atoms with E-state index in [0.29, 0.717) is 9.90 Å². The number of carbonyl (C=O) groups is 1. The van der Waals surface area contributed by atoms with E-state index in [2.05, 4.69) is 17.6 Å². The number of aryl methyl sites for hydroxylation is 1. The second-order valence-electron chi connectivity index (χ2n) is 5.31. The molecule has 0 atom stereocenters. The molecule has 0 bridgehead atoms. The highest BCUT2D eigenvalue weighted by Gasteiger charge is 2.27. The van der Waals surface area contributed by atoms with Gasteiger partial charge in [-0.3, -0.25) is 4.79 Å². The number of amides is 1. The number of nitrogens with one attached hydrogen (secondary N) is 2. The number of piperidine rings is 1. The highest BCUT2D eigenvalue weighted by molar-refractivity contribution is 7.13. The summed E-state index contributed by atoms with van der Waals surface area (Å²) in [5, 5.41) is 8.87. The predicted molar refractivity (Wildman–Crippen MR) is 83.9 cm³/mol. The molecule has 1 aromatic rings. The van der Waals surface area contributed by atoms with E-state index in [1.807, 2.05) is 12.3 Å². The maximum atomic E-state index is 12.1. The molecule has 1 aromatic heterocycles. The normalized spacial score (nSPS) is 17.6. The van der Waals surface area contributed by atoms with Gasteiger partial charge >= 0.3 is 0 Å². The largest absolute Gasteiger partial charge is 0.351 e. The first-order valence-electron chi connectivity index (χ1n) is 6.24. The Kier molecular flexibility index (Phi) is 6.12. The second kappa shape index (κ2) is 6.93. The lowest BCUT2D eigenvalue weighted by Crippen LogP contribution is -2.42. The first kappa shape index (κ1) is 16.8. The van der Waals surface area contributed by atoms with Crippen LogP contribution in [0.4, 0.5) is 0 Å². The van der Waals surface area contributed by atoms with Gasteiger partial charge in [0.2, 0.25) is 0 Å². The van der Waals surface area contributed by atoms with Crippen molar-refractivity contribution in [2.45, 2.75) is 26.7 Å². The maximum Gasteiger partial charge on any atom is 0.262 e. The average molecular weight is 323 g/mol. The molecule has 2 heterocycles. The Morgan fingerprint density at radius 3 is 2.68 bits per heavy atom. The lowest BCUT2D eigenvalue weighted by Gasteiger charge is -2.34. The van der Waals surface area contributed by atoms with Crippen LogP contribution in [0.2, 0.25) is 5.02 Å². The van der Waals surface area contributed by atoms with Gasteiger partial charge in [-0.15, -0.1) is 23.7 Å². The van der Waals surface area contributed by atoms with Crippen LogP contribution in [-0.4, -0.2) is 25.5 Å². The Bertz CT molecular complexity index is 442. The first-order valence-corrected chi connectivity index (χ1v) is 7.50. The van der Waals surface area contributed by atoms with E-state index >= 15 is 0 Å². The minimum Gasteiger partial charge on any atom is -0.351 e. The summed E-state index contributed by atoms with van der Waals surface area (Å²) in [6.07, 6.45) is 2.20. The van der Waals surface area contributed by atoms with Gasteiger partial charge in [-0.25, -0.2) is 0 Å². The van der Waals surface area contributed by atoms with E-state index in [1.165, 1.54) is 11.3 Å². The van der Waals surface area contributed by atoms with Crippen molar-refractivity contribution in [2.24, 2.45) is 5.41 Å². The summed E-state index contributed by atoms with van der Waals surface area (Å²) in [4.78, 5) is 12.7. The van der Waals surface area contributed by atoms with Crippen LogP contribution in [0.3, 0.4) is 0 Å². The van der Waals surface area contributed by atoms with Gasteiger partial charge in [0.15, 0.2) is 0 Å². The molecule has 0 aliphatic carbocycles. The summed E-state index contributed by atoms with van der Waals surface area (Å²) in [7, 11) is 0. The van der Waals surface area contributed by atoms with Crippen LogP contribution in [0.15, 0.2) is 5.38 Å².